The number of fused-ring (bicyclic) bond motifs is 1. The number of aryl methyl sites for hydroxylation is 1. The molecule has 1 unspecified atom stereocenters. The van der Waals surface area contributed by atoms with Crippen molar-refractivity contribution in [1.82, 2.24) is 5.32 Å². The number of hydrogen-bond donors (Lipinski definition) is 2. The zero-order valence-electron chi connectivity index (χ0n) is 11.3. The lowest BCUT2D eigenvalue weighted by molar-refractivity contribution is -0.120. The van der Waals surface area contributed by atoms with Crippen LogP contribution in [0.2, 0.25) is 0 Å². The maximum atomic E-state index is 11.8. The summed E-state index contributed by atoms with van der Waals surface area (Å²) in [4.78, 5) is 11.8. The number of rotatable bonds is 5. The van der Waals surface area contributed by atoms with Gasteiger partial charge in [-0.1, -0.05) is 19.1 Å². The van der Waals surface area contributed by atoms with Gasteiger partial charge in [-0.25, -0.2) is 0 Å². The van der Waals surface area contributed by atoms with Crippen molar-refractivity contribution in [3.63, 3.8) is 0 Å². The first-order valence-corrected chi connectivity index (χ1v) is 6.44. The average molecular weight is 261 g/mol. The predicted octanol–water partition coefficient (Wildman–Crippen LogP) is 2.03. The molecule has 102 valence electrons. The minimum Gasteiger partial charge on any atom is -0.464 e. The van der Waals surface area contributed by atoms with Gasteiger partial charge in [-0.3, -0.25) is 4.79 Å². The van der Waals surface area contributed by atoms with Crippen LogP contribution in [0.3, 0.4) is 0 Å². The Balaban J connectivity index is 2.03. The van der Waals surface area contributed by atoms with Gasteiger partial charge in [0.2, 0.25) is 5.91 Å². The number of aliphatic hydroxyl groups excluding tert-OH is 1. The molecular weight excluding hydrogens is 242 g/mol. The molecule has 2 aromatic rings. The van der Waals surface area contributed by atoms with E-state index in [1.54, 1.807) is 6.26 Å². The first kappa shape index (κ1) is 13.6. The largest absolute Gasteiger partial charge is 0.464 e. The Morgan fingerprint density at radius 3 is 3.00 bits per heavy atom. The number of nitrogens with one attached hydrogen (secondary N) is 1. The Hall–Kier alpha value is -1.81. The van der Waals surface area contributed by atoms with Crippen molar-refractivity contribution >= 4 is 16.9 Å². The van der Waals surface area contributed by atoms with Crippen LogP contribution in [-0.4, -0.2) is 24.2 Å². The highest BCUT2D eigenvalue weighted by Crippen LogP contribution is 2.22. The molecule has 0 saturated carbocycles. The Morgan fingerprint density at radius 2 is 2.26 bits per heavy atom. The summed E-state index contributed by atoms with van der Waals surface area (Å²) in [5, 5.41) is 12.7. The van der Waals surface area contributed by atoms with E-state index in [2.05, 4.69) is 5.32 Å². The first-order valence-electron chi connectivity index (χ1n) is 6.44. The average Bonchev–Trinajstić information content (AvgIpc) is 2.78. The number of carbonyl (C=O) groups excluding carboxylic acids is 1. The number of hydrogen-bond acceptors (Lipinski definition) is 3. The number of furan rings is 1. The van der Waals surface area contributed by atoms with Crippen LogP contribution in [0.15, 0.2) is 28.9 Å². The monoisotopic (exact) mass is 261 g/mol. The van der Waals surface area contributed by atoms with E-state index in [1.807, 2.05) is 32.0 Å². The van der Waals surface area contributed by atoms with Crippen molar-refractivity contribution in [2.45, 2.75) is 20.3 Å². The molecule has 0 aliphatic carbocycles. The molecule has 4 nitrogen and oxygen atoms in total. The fourth-order valence-electron chi connectivity index (χ4n) is 1.92. The Bertz CT molecular complexity index is 574. The molecule has 0 aliphatic heterocycles. The summed E-state index contributed by atoms with van der Waals surface area (Å²) in [5.74, 6) is 0.0243. The van der Waals surface area contributed by atoms with Gasteiger partial charge in [0.05, 0.1) is 12.7 Å². The summed E-state index contributed by atoms with van der Waals surface area (Å²) in [5.41, 5.74) is 2.84. The SMILES string of the molecule is Cc1ccc2c(CC(=O)NCC(C)CO)coc2c1. The topological polar surface area (TPSA) is 62.5 Å². The van der Waals surface area contributed by atoms with Crippen LogP contribution >= 0.6 is 0 Å². The van der Waals surface area contributed by atoms with E-state index >= 15 is 0 Å². The summed E-state index contributed by atoms with van der Waals surface area (Å²) >= 11 is 0. The van der Waals surface area contributed by atoms with Gasteiger partial charge in [-0.2, -0.15) is 0 Å². The van der Waals surface area contributed by atoms with Gasteiger partial charge in [0.25, 0.3) is 0 Å². The normalized spacial score (nSPS) is 12.6. The van der Waals surface area contributed by atoms with Crippen molar-refractivity contribution in [3.05, 3.63) is 35.6 Å². The number of aliphatic hydroxyl groups is 1. The molecule has 0 radical (unpaired) electrons. The van der Waals surface area contributed by atoms with Crippen molar-refractivity contribution in [2.75, 3.05) is 13.2 Å². The Kier molecular flexibility index (Phi) is 4.22. The van der Waals surface area contributed by atoms with E-state index in [0.29, 0.717) is 13.0 Å². The zero-order chi connectivity index (χ0) is 13.8. The van der Waals surface area contributed by atoms with Crippen LogP contribution in [0.1, 0.15) is 18.1 Å². The second kappa shape index (κ2) is 5.89. The maximum Gasteiger partial charge on any atom is 0.224 e. The highest BCUT2D eigenvalue weighted by molar-refractivity contribution is 5.87. The Labute approximate surface area is 112 Å². The van der Waals surface area contributed by atoms with E-state index in [0.717, 1.165) is 22.1 Å². The lowest BCUT2D eigenvalue weighted by atomic mass is 10.1. The van der Waals surface area contributed by atoms with E-state index in [4.69, 9.17) is 9.52 Å². The van der Waals surface area contributed by atoms with Crippen molar-refractivity contribution < 1.29 is 14.3 Å². The van der Waals surface area contributed by atoms with Crippen LogP contribution in [-0.2, 0) is 11.2 Å². The molecule has 0 fully saturated rings. The van der Waals surface area contributed by atoms with Crippen LogP contribution in [0.5, 0.6) is 0 Å². The second-order valence-corrected chi connectivity index (χ2v) is 5.03. The molecule has 2 N–H and O–H groups in total. The summed E-state index contributed by atoms with van der Waals surface area (Å²) in [6.45, 7) is 4.46. The zero-order valence-corrected chi connectivity index (χ0v) is 11.3. The van der Waals surface area contributed by atoms with Gasteiger partial charge in [0.15, 0.2) is 0 Å². The lowest BCUT2D eigenvalue weighted by Gasteiger charge is -2.09. The number of benzene rings is 1. The summed E-state index contributed by atoms with van der Waals surface area (Å²) in [7, 11) is 0. The molecule has 19 heavy (non-hydrogen) atoms. The minimum atomic E-state index is -0.0522. The molecule has 1 heterocycles. The van der Waals surface area contributed by atoms with Crippen molar-refractivity contribution in [1.29, 1.82) is 0 Å². The molecule has 0 bridgehead atoms. The predicted molar refractivity (Wildman–Crippen MR) is 73.9 cm³/mol. The van der Waals surface area contributed by atoms with Crippen LogP contribution < -0.4 is 5.32 Å². The third-order valence-electron chi connectivity index (χ3n) is 3.12. The highest BCUT2D eigenvalue weighted by Gasteiger charge is 2.11. The van der Waals surface area contributed by atoms with Crippen LogP contribution in [0, 0.1) is 12.8 Å². The van der Waals surface area contributed by atoms with Gasteiger partial charge in [0, 0.05) is 24.1 Å². The quantitative estimate of drug-likeness (QED) is 0.865. The fraction of sp³-hybridized carbons (Fsp3) is 0.400. The lowest BCUT2D eigenvalue weighted by Crippen LogP contribution is -2.30. The second-order valence-electron chi connectivity index (χ2n) is 5.03. The van der Waals surface area contributed by atoms with Gasteiger partial charge in [0.1, 0.15) is 5.58 Å². The minimum absolute atomic E-state index is 0.0522. The third-order valence-corrected chi connectivity index (χ3v) is 3.12. The van der Waals surface area contributed by atoms with E-state index in [-0.39, 0.29) is 18.4 Å². The van der Waals surface area contributed by atoms with E-state index in [1.165, 1.54) is 0 Å². The van der Waals surface area contributed by atoms with Crippen LogP contribution in [0.4, 0.5) is 0 Å². The molecule has 0 aliphatic rings. The first-order chi connectivity index (χ1) is 9.10. The molecule has 2 rings (SSSR count). The van der Waals surface area contributed by atoms with E-state index in [9.17, 15) is 4.79 Å². The molecule has 1 aromatic heterocycles. The molecular formula is C15H19NO3. The smallest absolute Gasteiger partial charge is 0.224 e. The van der Waals surface area contributed by atoms with Gasteiger partial charge in [-0.05, 0) is 24.5 Å². The van der Waals surface area contributed by atoms with Crippen LogP contribution in [0.25, 0.3) is 11.0 Å². The molecule has 1 atom stereocenters. The summed E-state index contributed by atoms with van der Waals surface area (Å²) < 4.78 is 5.46. The van der Waals surface area contributed by atoms with Gasteiger partial charge in [-0.15, -0.1) is 0 Å². The van der Waals surface area contributed by atoms with E-state index < -0.39 is 0 Å². The summed E-state index contributed by atoms with van der Waals surface area (Å²) in [6, 6.07) is 5.95. The molecule has 4 heteroatoms. The summed E-state index contributed by atoms with van der Waals surface area (Å²) in [6.07, 6.45) is 1.94. The molecule has 0 saturated heterocycles. The van der Waals surface area contributed by atoms with Gasteiger partial charge < -0.3 is 14.8 Å². The van der Waals surface area contributed by atoms with Gasteiger partial charge >= 0.3 is 0 Å². The highest BCUT2D eigenvalue weighted by atomic mass is 16.3. The molecule has 1 amide bonds. The van der Waals surface area contributed by atoms with Crippen molar-refractivity contribution in [2.24, 2.45) is 5.92 Å². The maximum absolute atomic E-state index is 11.8. The molecule has 1 aromatic carbocycles. The number of amides is 1. The Morgan fingerprint density at radius 1 is 1.47 bits per heavy atom. The standard InChI is InChI=1S/C15H19NO3/c1-10-3-4-13-12(9-19-14(13)5-10)6-15(18)16-7-11(2)8-17/h3-5,9,11,17H,6-8H2,1-2H3,(H,16,18). The number of carbonyl (C=O) groups is 1. The molecule has 0 spiro atoms. The fourth-order valence-corrected chi connectivity index (χ4v) is 1.92. The van der Waals surface area contributed by atoms with Crippen molar-refractivity contribution in [3.8, 4) is 0 Å². The third kappa shape index (κ3) is 3.35.